The molecule has 1 aromatic heterocycles. The monoisotopic (exact) mass is 295 g/mol. The summed E-state index contributed by atoms with van der Waals surface area (Å²) in [5.74, 6) is 0. The molecular weight excluding hydrogens is 290 g/mol. The van der Waals surface area contributed by atoms with Gasteiger partial charge in [0.25, 0.3) is 0 Å². The van der Waals surface area contributed by atoms with Crippen LogP contribution in [0.5, 0.6) is 0 Å². The van der Waals surface area contributed by atoms with E-state index in [1.165, 1.54) is 12.1 Å². The van der Waals surface area contributed by atoms with Gasteiger partial charge in [-0.15, -0.1) is 0 Å². The lowest BCUT2D eigenvalue weighted by atomic mass is 10.1. The number of hydrogen-bond donors (Lipinski definition) is 1. The van der Waals surface area contributed by atoms with Gasteiger partial charge in [0, 0.05) is 5.69 Å². The molecule has 1 heterocycles. The van der Waals surface area contributed by atoms with Gasteiger partial charge >= 0.3 is 6.18 Å². The second-order valence-electron chi connectivity index (χ2n) is 3.47. The first-order valence-corrected chi connectivity index (χ1v) is 5.41. The average Bonchev–Trinajstić information content (AvgIpc) is 2.59. The molecule has 2 N–H and O–H groups in total. The highest BCUT2D eigenvalue weighted by atomic mass is 35.5. The Morgan fingerprint density at radius 3 is 2.39 bits per heavy atom. The molecule has 96 valence electrons. The topological polar surface area (TPSA) is 43.8 Å². The smallest absolute Gasteiger partial charge is 0.399 e. The van der Waals surface area contributed by atoms with Crippen molar-refractivity contribution in [2.24, 2.45) is 0 Å². The van der Waals surface area contributed by atoms with Gasteiger partial charge < -0.3 is 5.73 Å². The molecule has 18 heavy (non-hydrogen) atoms. The number of alkyl halides is 3. The maximum Gasteiger partial charge on any atom is 0.418 e. The molecule has 2 rings (SSSR count). The third kappa shape index (κ3) is 2.26. The Labute approximate surface area is 110 Å². The lowest BCUT2D eigenvalue weighted by Gasteiger charge is -2.14. The summed E-state index contributed by atoms with van der Waals surface area (Å²) in [5.41, 5.74) is 4.29. The van der Waals surface area contributed by atoms with Gasteiger partial charge in [0.05, 0.1) is 11.3 Å². The first-order valence-electron chi connectivity index (χ1n) is 4.66. The number of nitrogens with two attached hydrogens (primary N) is 1. The molecule has 0 saturated carbocycles. The van der Waals surface area contributed by atoms with Crippen molar-refractivity contribution in [2.75, 3.05) is 5.73 Å². The number of hydrogen-bond acceptors (Lipinski definition) is 2. The van der Waals surface area contributed by atoms with Gasteiger partial charge in [0.15, 0.2) is 10.3 Å². The first-order chi connectivity index (χ1) is 8.30. The van der Waals surface area contributed by atoms with Crippen LogP contribution in [0.1, 0.15) is 5.56 Å². The Hall–Kier alpha value is -1.40. The summed E-state index contributed by atoms with van der Waals surface area (Å²) in [7, 11) is 0. The predicted molar refractivity (Wildman–Crippen MR) is 63.0 cm³/mol. The van der Waals surface area contributed by atoms with E-state index in [2.05, 4.69) is 4.98 Å². The Bertz CT molecular complexity index is 593. The van der Waals surface area contributed by atoms with E-state index in [1.54, 1.807) is 0 Å². The zero-order chi connectivity index (χ0) is 13.5. The molecule has 0 atom stereocenters. The predicted octanol–water partition coefficient (Wildman–Crippen LogP) is 3.78. The highest BCUT2D eigenvalue weighted by molar-refractivity contribution is 6.40. The van der Waals surface area contributed by atoms with E-state index in [4.69, 9.17) is 28.9 Å². The van der Waals surface area contributed by atoms with Gasteiger partial charge in [0.1, 0.15) is 6.33 Å². The number of nitrogens with zero attached hydrogens (tertiary/aromatic N) is 2. The standard InChI is InChI=1S/C10H6Cl2F3N3/c11-8-9(12)18(4-17-8)7-2-1-5(16)3-6(7)10(13,14)15/h1-4H,16H2. The molecule has 2 aromatic rings. The molecule has 0 radical (unpaired) electrons. The van der Waals surface area contributed by atoms with Crippen molar-refractivity contribution in [3.05, 3.63) is 40.4 Å². The summed E-state index contributed by atoms with van der Waals surface area (Å²) >= 11 is 11.4. The quantitative estimate of drug-likeness (QED) is 0.814. The molecule has 0 spiro atoms. The fourth-order valence-electron chi connectivity index (χ4n) is 1.47. The van der Waals surface area contributed by atoms with Gasteiger partial charge in [-0.05, 0) is 18.2 Å². The zero-order valence-electron chi connectivity index (χ0n) is 8.67. The molecule has 0 aliphatic carbocycles. The van der Waals surface area contributed by atoms with Crippen molar-refractivity contribution < 1.29 is 13.2 Å². The number of anilines is 1. The maximum absolute atomic E-state index is 12.9. The SMILES string of the molecule is Nc1ccc(-n2cnc(Cl)c2Cl)c(C(F)(F)F)c1. The van der Waals surface area contributed by atoms with Crippen molar-refractivity contribution in [3.8, 4) is 5.69 Å². The average molecular weight is 296 g/mol. The van der Waals surface area contributed by atoms with Crippen LogP contribution in [-0.2, 0) is 6.18 Å². The zero-order valence-corrected chi connectivity index (χ0v) is 10.2. The summed E-state index contributed by atoms with van der Waals surface area (Å²) in [5, 5.41) is -0.159. The van der Waals surface area contributed by atoms with Crippen LogP contribution in [0.25, 0.3) is 5.69 Å². The Kier molecular flexibility index (Phi) is 3.16. The molecule has 0 unspecified atom stereocenters. The summed E-state index contributed by atoms with van der Waals surface area (Å²) < 4.78 is 39.7. The summed E-state index contributed by atoms with van der Waals surface area (Å²) in [6.45, 7) is 0. The molecule has 8 heteroatoms. The largest absolute Gasteiger partial charge is 0.418 e. The normalized spacial score (nSPS) is 11.8. The number of halogens is 5. The fourth-order valence-corrected chi connectivity index (χ4v) is 1.79. The molecular formula is C10H6Cl2F3N3. The first kappa shape index (κ1) is 13.0. The van der Waals surface area contributed by atoms with Crippen LogP contribution < -0.4 is 5.73 Å². The van der Waals surface area contributed by atoms with Gasteiger partial charge in [-0.2, -0.15) is 13.2 Å². The van der Waals surface area contributed by atoms with Crippen LogP contribution in [0.2, 0.25) is 10.3 Å². The van der Waals surface area contributed by atoms with E-state index in [1.807, 2.05) is 0 Å². The molecule has 0 bridgehead atoms. The Balaban J connectivity index is 2.68. The number of benzene rings is 1. The number of aromatic nitrogens is 2. The summed E-state index contributed by atoms with van der Waals surface area (Å²) in [6, 6.07) is 3.39. The fraction of sp³-hybridized carbons (Fsp3) is 0.100. The Morgan fingerprint density at radius 2 is 1.89 bits per heavy atom. The highest BCUT2D eigenvalue weighted by Gasteiger charge is 2.34. The van der Waals surface area contributed by atoms with E-state index >= 15 is 0 Å². The van der Waals surface area contributed by atoms with Gasteiger partial charge in [-0.3, -0.25) is 4.57 Å². The molecule has 0 aliphatic heterocycles. The summed E-state index contributed by atoms with van der Waals surface area (Å²) in [6.07, 6.45) is -3.43. The lowest BCUT2D eigenvalue weighted by molar-refractivity contribution is -0.137. The maximum atomic E-state index is 12.9. The van der Waals surface area contributed by atoms with Crippen LogP contribution in [0.3, 0.4) is 0 Å². The number of rotatable bonds is 1. The highest BCUT2D eigenvalue weighted by Crippen LogP contribution is 2.36. The van der Waals surface area contributed by atoms with Crippen LogP contribution in [0, 0.1) is 0 Å². The van der Waals surface area contributed by atoms with E-state index in [0.717, 1.165) is 17.0 Å². The van der Waals surface area contributed by atoms with E-state index < -0.39 is 11.7 Å². The van der Waals surface area contributed by atoms with Crippen LogP contribution in [0.15, 0.2) is 24.5 Å². The second-order valence-corrected chi connectivity index (χ2v) is 4.19. The molecule has 0 amide bonds. The molecule has 0 fully saturated rings. The third-order valence-electron chi connectivity index (χ3n) is 2.25. The second kappa shape index (κ2) is 4.37. The molecule has 0 aliphatic rings. The lowest BCUT2D eigenvalue weighted by Crippen LogP contribution is -2.11. The number of imidazole rings is 1. The minimum absolute atomic E-state index is 0.00779. The summed E-state index contributed by atoms with van der Waals surface area (Å²) in [4.78, 5) is 3.64. The molecule has 3 nitrogen and oxygen atoms in total. The minimum Gasteiger partial charge on any atom is -0.399 e. The molecule has 1 aromatic carbocycles. The van der Waals surface area contributed by atoms with Crippen LogP contribution in [0.4, 0.5) is 18.9 Å². The van der Waals surface area contributed by atoms with E-state index in [-0.39, 0.29) is 21.7 Å². The Morgan fingerprint density at radius 1 is 1.22 bits per heavy atom. The van der Waals surface area contributed by atoms with Crippen molar-refractivity contribution in [2.45, 2.75) is 6.18 Å². The van der Waals surface area contributed by atoms with Crippen LogP contribution in [-0.4, -0.2) is 9.55 Å². The molecule has 0 saturated heterocycles. The van der Waals surface area contributed by atoms with Crippen molar-refractivity contribution in [1.29, 1.82) is 0 Å². The van der Waals surface area contributed by atoms with Crippen molar-refractivity contribution in [3.63, 3.8) is 0 Å². The minimum atomic E-state index is -4.55. The van der Waals surface area contributed by atoms with Crippen molar-refractivity contribution >= 4 is 28.9 Å². The van der Waals surface area contributed by atoms with Gasteiger partial charge in [0.2, 0.25) is 0 Å². The van der Waals surface area contributed by atoms with Crippen molar-refractivity contribution in [1.82, 2.24) is 9.55 Å². The van der Waals surface area contributed by atoms with Gasteiger partial charge in [-0.1, -0.05) is 23.2 Å². The number of nitrogen functional groups attached to an aromatic ring is 1. The van der Waals surface area contributed by atoms with E-state index in [9.17, 15) is 13.2 Å². The van der Waals surface area contributed by atoms with Gasteiger partial charge in [-0.25, -0.2) is 4.98 Å². The van der Waals surface area contributed by atoms with Crippen LogP contribution >= 0.6 is 23.2 Å². The van der Waals surface area contributed by atoms with E-state index in [0.29, 0.717) is 0 Å². The third-order valence-corrected chi connectivity index (χ3v) is 2.99.